The highest BCUT2D eigenvalue weighted by molar-refractivity contribution is 7.79. The quantitative estimate of drug-likeness (QED) is 0.489. The molecule has 122 valence electrons. The van der Waals surface area contributed by atoms with Crippen LogP contribution in [0.1, 0.15) is 6.92 Å². The lowest BCUT2D eigenvalue weighted by molar-refractivity contribution is 0.270. The SMILES string of the molecule is C=COCC.c1ccc(P(c2ccccc2)c2ccccc2)cc1. The van der Waals surface area contributed by atoms with E-state index >= 15 is 0 Å². The van der Waals surface area contributed by atoms with Gasteiger partial charge in [-0.05, 0) is 30.8 Å². The van der Waals surface area contributed by atoms with Crippen molar-refractivity contribution in [1.82, 2.24) is 0 Å². The zero-order valence-electron chi connectivity index (χ0n) is 14.0. The molecule has 0 spiro atoms. The van der Waals surface area contributed by atoms with Gasteiger partial charge in [0.1, 0.15) is 0 Å². The van der Waals surface area contributed by atoms with Crippen LogP contribution in [0.3, 0.4) is 0 Å². The van der Waals surface area contributed by atoms with E-state index in [4.69, 9.17) is 0 Å². The maximum Gasteiger partial charge on any atom is 0.0844 e. The van der Waals surface area contributed by atoms with Crippen molar-refractivity contribution in [3.8, 4) is 0 Å². The second-order valence-electron chi connectivity index (χ2n) is 4.96. The normalized spacial score (nSPS) is 9.75. The third-order valence-electron chi connectivity index (χ3n) is 3.33. The molecular weight excluding hydrogens is 311 g/mol. The van der Waals surface area contributed by atoms with Crippen molar-refractivity contribution in [2.24, 2.45) is 0 Å². The van der Waals surface area contributed by atoms with Crippen molar-refractivity contribution in [2.45, 2.75) is 6.92 Å². The van der Waals surface area contributed by atoms with Crippen molar-refractivity contribution in [3.63, 3.8) is 0 Å². The van der Waals surface area contributed by atoms with Crippen molar-refractivity contribution in [3.05, 3.63) is 104 Å². The third-order valence-corrected chi connectivity index (χ3v) is 5.77. The summed E-state index contributed by atoms with van der Waals surface area (Å²) >= 11 is 0. The van der Waals surface area contributed by atoms with Crippen molar-refractivity contribution in [1.29, 1.82) is 0 Å². The number of ether oxygens (including phenoxy) is 1. The molecule has 0 atom stereocenters. The average Bonchev–Trinajstić information content (AvgIpc) is 2.66. The Morgan fingerprint density at radius 2 is 1.04 bits per heavy atom. The van der Waals surface area contributed by atoms with Crippen molar-refractivity contribution in [2.75, 3.05) is 6.61 Å². The molecule has 3 aromatic rings. The molecule has 0 fully saturated rings. The largest absolute Gasteiger partial charge is 0.502 e. The molecular formula is C22H23OP. The van der Waals surface area contributed by atoms with Gasteiger partial charge in [0.15, 0.2) is 0 Å². The van der Waals surface area contributed by atoms with Gasteiger partial charge in [-0.3, -0.25) is 0 Å². The van der Waals surface area contributed by atoms with Gasteiger partial charge in [-0.1, -0.05) is 97.6 Å². The van der Waals surface area contributed by atoms with Crippen LogP contribution in [0, 0.1) is 0 Å². The molecule has 0 aromatic heterocycles. The second-order valence-corrected chi connectivity index (χ2v) is 7.18. The monoisotopic (exact) mass is 334 g/mol. The van der Waals surface area contributed by atoms with Crippen LogP contribution in [0.2, 0.25) is 0 Å². The van der Waals surface area contributed by atoms with Crippen molar-refractivity contribution < 1.29 is 4.74 Å². The van der Waals surface area contributed by atoms with Crippen LogP contribution in [0.25, 0.3) is 0 Å². The van der Waals surface area contributed by atoms with Crippen LogP contribution < -0.4 is 15.9 Å². The minimum Gasteiger partial charge on any atom is -0.502 e. The molecule has 0 bridgehead atoms. The van der Waals surface area contributed by atoms with Gasteiger partial charge in [0.25, 0.3) is 0 Å². The molecule has 24 heavy (non-hydrogen) atoms. The standard InChI is InChI=1S/C18H15P.C4H8O/c1-4-10-16(11-5-1)19(17-12-6-2-7-13-17)18-14-8-3-9-15-18;1-3-5-4-2/h1-15H;3H,1,4H2,2H3. The molecule has 0 heterocycles. The molecule has 0 saturated heterocycles. The minimum absolute atomic E-state index is 0.446. The van der Waals surface area contributed by atoms with E-state index in [1.165, 1.54) is 22.2 Å². The Bertz CT molecular complexity index is 602. The zero-order valence-corrected chi connectivity index (χ0v) is 14.9. The van der Waals surface area contributed by atoms with Gasteiger partial charge in [-0.25, -0.2) is 0 Å². The summed E-state index contributed by atoms with van der Waals surface area (Å²) in [5.74, 6) is 0. The van der Waals surface area contributed by atoms with Crippen LogP contribution in [0.15, 0.2) is 104 Å². The molecule has 0 aliphatic carbocycles. The molecule has 0 aliphatic heterocycles. The highest BCUT2D eigenvalue weighted by Gasteiger charge is 2.14. The first-order valence-electron chi connectivity index (χ1n) is 8.04. The summed E-state index contributed by atoms with van der Waals surface area (Å²) in [6, 6.07) is 32.3. The topological polar surface area (TPSA) is 9.23 Å². The molecule has 3 rings (SSSR count). The molecule has 0 aliphatic rings. The zero-order chi connectivity index (χ0) is 17.0. The van der Waals surface area contributed by atoms with E-state index < -0.39 is 7.92 Å². The van der Waals surface area contributed by atoms with Crippen LogP contribution in [0.5, 0.6) is 0 Å². The van der Waals surface area contributed by atoms with Gasteiger partial charge >= 0.3 is 0 Å². The number of benzene rings is 3. The summed E-state index contributed by atoms with van der Waals surface area (Å²) in [4.78, 5) is 0. The maximum absolute atomic E-state index is 4.60. The molecule has 0 radical (unpaired) electrons. The first-order valence-corrected chi connectivity index (χ1v) is 9.38. The van der Waals surface area contributed by atoms with Gasteiger partial charge < -0.3 is 4.74 Å². The van der Waals surface area contributed by atoms with Gasteiger partial charge in [0.2, 0.25) is 0 Å². The van der Waals surface area contributed by atoms with Gasteiger partial charge in [-0.15, -0.1) is 0 Å². The fourth-order valence-corrected chi connectivity index (χ4v) is 4.60. The Kier molecular flexibility index (Phi) is 7.80. The predicted molar refractivity (Wildman–Crippen MR) is 107 cm³/mol. The third kappa shape index (κ3) is 5.37. The molecule has 3 aromatic carbocycles. The fraction of sp³-hybridized carbons (Fsp3) is 0.0909. The lowest BCUT2D eigenvalue weighted by atomic mass is 10.4. The average molecular weight is 334 g/mol. The van der Waals surface area contributed by atoms with Crippen LogP contribution in [0.4, 0.5) is 0 Å². The lowest BCUT2D eigenvalue weighted by Crippen LogP contribution is -2.20. The summed E-state index contributed by atoms with van der Waals surface area (Å²) in [5, 5.41) is 4.19. The second kappa shape index (κ2) is 10.4. The summed E-state index contributed by atoms with van der Waals surface area (Å²) in [5.41, 5.74) is 0. The first-order chi connectivity index (χ1) is 11.9. The first kappa shape index (κ1) is 18.0. The van der Waals surface area contributed by atoms with Crippen LogP contribution in [-0.4, -0.2) is 6.61 Å². The highest BCUT2D eigenvalue weighted by atomic mass is 31.1. The van der Waals surface area contributed by atoms with Gasteiger partial charge in [-0.2, -0.15) is 0 Å². The van der Waals surface area contributed by atoms with E-state index in [0.29, 0.717) is 0 Å². The van der Waals surface area contributed by atoms with Crippen molar-refractivity contribution >= 4 is 23.8 Å². The fourth-order valence-electron chi connectivity index (χ4n) is 2.30. The summed E-state index contributed by atoms with van der Waals surface area (Å²) in [7, 11) is -0.446. The molecule has 0 amide bonds. The van der Waals surface area contributed by atoms with Gasteiger partial charge in [0.05, 0.1) is 12.9 Å². The van der Waals surface area contributed by atoms with E-state index in [0.717, 1.165) is 6.61 Å². The maximum atomic E-state index is 4.60. The van der Waals surface area contributed by atoms with E-state index in [-0.39, 0.29) is 0 Å². The van der Waals surface area contributed by atoms with E-state index in [9.17, 15) is 0 Å². The van der Waals surface area contributed by atoms with E-state index in [1.54, 1.807) is 0 Å². The number of hydrogen-bond acceptors (Lipinski definition) is 1. The Labute approximate surface area is 146 Å². The minimum atomic E-state index is -0.446. The molecule has 0 unspecified atom stereocenters. The molecule has 2 heteroatoms. The van der Waals surface area contributed by atoms with E-state index in [2.05, 4.69) is 102 Å². The number of hydrogen-bond donors (Lipinski definition) is 0. The molecule has 0 saturated carbocycles. The number of rotatable bonds is 5. The highest BCUT2D eigenvalue weighted by Crippen LogP contribution is 2.32. The Hall–Kier alpha value is -2.37. The molecule has 1 nitrogen and oxygen atoms in total. The van der Waals surface area contributed by atoms with E-state index in [1.807, 2.05) is 6.92 Å². The van der Waals surface area contributed by atoms with Crippen LogP contribution >= 0.6 is 7.92 Å². The molecule has 0 N–H and O–H groups in total. The summed E-state index contributed by atoms with van der Waals surface area (Å²) in [6.07, 6.45) is 1.43. The lowest BCUT2D eigenvalue weighted by Gasteiger charge is -2.18. The summed E-state index contributed by atoms with van der Waals surface area (Å²) in [6.45, 7) is 5.97. The predicted octanol–water partition coefficient (Wildman–Crippen LogP) is 4.61. The van der Waals surface area contributed by atoms with Crippen LogP contribution in [-0.2, 0) is 4.74 Å². The summed E-state index contributed by atoms with van der Waals surface area (Å²) < 4.78 is 4.60. The van der Waals surface area contributed by atoms with Gasteiger partial charge in [0, 0.05) is 0 Å². The Balaban J connectivity index is 0.000000368. The smallest absolute Gasteiger partial charge is 0.0844 e. The Morgan fingerprint density at radius 3 is 1.25 bits per heavy atom. The Morgan fingerprint density at radius 1 is 0.708 bits per heavy atom.